The number of thiocarbonyl (C=S) groups is 1. The van der Waals surface area contributed by atoms with Crippen molar-refractivity contribution >= 4 is 63.5 Å². The summed E-state index contributed by atoms with van der Waals surface area (Å²) in [6.07, 6.45) is -3.01. The molecule has 2 aliphatic heterocycles. The van der Waals surface area contributed by atoms with Gasteiger partial charge in [0.1, 0.15) is 5.69 Å². The van der Waals surface area contributed by atoms with Crippen LogP contribution in [0.15, 0.2) is 36.4 Å². The van der Waals surface area contributed by atoms with E-state index >= 15 is 0 Å². The summed E-state index contributed by atoms with van der Waals surface area (Å²) in [7, 11) is 0. The minimum absolute atomic E-state index is 0.0608. The molecule has 0 spiro atoms. The number of hydrogen-bond acceptors (Lipinski definition) is 7. The number of anilines is 3. The molecule has 39 heavy (non-hydrogen) atoms. The van der Waals surface area contributed by atoms with Gasteiger partial charge in [0.15, 0.2) is 5.11 Å². The molecule has 10 nitrogen and oxygen atoms in total. The van der Waals surface area contributed by atoms with Crippen molar-refractivity contribution in [3.05, 3.63) is 57.1 Å². The standard InChI is InChI=1S/C24H24ClF3N6O4S/c25-17-14-16(4-6-18(17)32-9-11-33(12-10-32)22(36)24(26,27)28)29-23(39)30-21(35)15-3-5-19(20(13-15)34(37)38)31-7-1-2-8-31/h3-6,13-14H,1-2,7-12H2,(H2,29,30,35,39). The lowest BCUT2D eigenvalue weighted by Gasteiger charge is -2.36. The lowest BCUT2D eigenvalue weighted by atomic mass is 10.1. The van der Waals surface area contributed by atoms with E-state index in [0.717, 1.165) is 30.8 Å². The van der Waals surface area contributed by atoms with Gasteiger partial charge < -0.3 is 20.0 Å². The van der Waals surface area contributed by atoms with E-state index in [2.05, 4.69) is 10.6 Å². The zero-order chi connectivity index (χ0) is 28.3. The molecule has 0 unspecified atom stereocenters. The molecule has 2 heterocycles. The third-order valence-corrected chi connectivity index (χ3v) is 6.97. The van der Waals surface area contributed by atoms with E-state index in [1.165, 1.54) is 18.2 Å². The number of hydrogen-bond donors (Lipinski definition) is 2. The number of carbonyl (C=O) groups is 2. The molecule has 2 saturated heterocycles. The van der Waals surface area contributed by atoms with Crippen molar-refractivity contribution in [2.45, 2.75) is 19.0 Å². The van der Waals surface area contributed by atoms with Gasteiger partial charge in [-0.3, -0.25) is 25.0 Å². The largest absolute Gasteiger partial charge is 0.471 e. The molecule has 0 radical (unpaired) electrons. The van der Waals surface area contributed by atoms with Gasteiger partial charge in [0.2, 0.25) is 0 Å². The average Bonchev–Trinajstić information content (AvgIpc) is 3.42. The number of carbonyl (C=O) groups excluding carboxylic acids is 2. The molecule has 4 rings (SSSR count). The second-order valence-electron chi connectivity index (χ2n) is 9.01. The van der Waals surface area contributed by atoms with Crippen LogP contribution in [0.25, 0.3) is 0 Å². The zero-order valence-electron chi connectivity index (χ0n) is 20.5. The van der Waals surface area contributed by atoms with E-state index in [0.29, 0.717) is 17.1 Å². The Balaban J connectivity index is 1.36. The van der Waals surface area contributed by atoms with Gasteiger partial charge in [-0.05, 0) is 55.4 Å². The monoisotopic (exact) mass is 584 g/mol. The van der Waals surface area contributed by atoms with Gasteiger partial charge in [-0.15, -0.1) is 0 Å². The van der Waals surface area contributed by atoms with Gasteiger partial charge in [-0.25, -0.2) is 0 Å². The van der Waals surface area contributed by atoms with E-state index in [9.17, 15) is 32.9 Å². The number of alkyl halides is 3. The van der Waals surface area contributed by atoms with E-state index in [1.54, 1.807) is 23.1 Å². The SMILES string of the molecule is O=C(NC(=S)Nc1ccc(N2CCN(C(=O)C(F)(F)F)CC2)c(Cl)c1)c1ccc(N2CCCC2)c([N+](=O)[O-])c1. The van der Waals surface area contributed by atoms with Gasteiger partial charge >= 0.3 is 12.1 Å². The third kappa shape index (κ3) is 6.68. The number of piperazine rings is 1. The molecule has 2 fully saturated rings. The fourth-order valence-corrected chi connectivity index (χ4v) is 5.06. The molecule has 0 aromatic heterocycles. The van der Waals surface area contributed by atoms with Crippen molar-refractivity contribution in [1.29, 1.82) is 0 Å². The molecule has 2 N–H and O–H groups in total. The van der Waals surface area contributed by atoms with Gasteiger partial charge in [0.05, 0.1) is 15.6 Å². The third-order valence-electron chi connectivity index (χ3n) is 6.46. The smallest absolute Gasteiger partial charge is 0.367 e. The fraction of sp³-hybridized carbons (Fsp3) is 0.375. The summed E-state index contributed by atoms with van der Waals surface area (Å²) in [5, 5.41) is 17.1. The van der Waals surface area contributed by atoms with E-state index in [4.69, 9.17) is 23.8 Å². The molecule has 2 aromatic rings. The molecule has 208 valence electrons. The van der Waals surface area contributed by atoms with E-state index in [-0.39, 0.29) is 47.6 Å². The Kier molecular flexibility index (Phi) is 8.45. The summed E-state index contributed by atoms with van der Waals surface area (Å²) in [5.41, 5.74) is 1.40. The first-order valence-corrected chi connectivity index (χ1v) is 12.8. The topological polar surface area (TPSA) is 111 Å². The van der Waals surface area contributed by atoms with Crippen molar-refractivity contribution < 1.29 is 27.7 Å². The summed E-state index contributed by atoms with van der Waals surface area (Å²) in [6, 6.07) is 9.11. The Labute approximate surface area is 231 Å². The Morgan fingerprint density at radius 2 is 1.56 bits per heavy atom. The molecule has 0 atom stereocenters. The predicted octanol–water partition coefficient (Wildman–Crippen LogP) is 4.19. The number of amides is 2. The minimum atomic E-state index is -4.91. The predicted molar refractivity (Wildman–Crippen MR) is 145 cm³/mol. The van der Waals surface area contributed by atoms with Crippen molar-refractivity contribution in [2.75, 3.05) is 54.4 Å². The first-order chi connectivity index (χ1) is 18.4. The van der Waals surface area contributed by atoms with Crippen molar-refractivity contribution in [2.24, 2.45) is 0 Å². The number of nitro groups is 1. The van der Waals surface area contributed by atoms with Crippen LogP contribution in [-0.4, -0.2) is 72.2 Å². The summed E-state index contributed by atoms with van der Waals surface area (Å²) < 4.78 is 38.0. The van der Waals surface area contributed by atoms with Crippen LogP contribution in [0.3, 0.4) is 0 Å². The second-order valence-corrected chi connectivity index (χ2v) is 9.82. The van der Waals surface area contributed by atoms with Crippen molar-refractivity contribution in [3.63, 3.8) is 0 Å². The number of rotatable bonds is 5. The average molecular weight is 585 g/mol. The zero-order valence-corrected chi connectivity index (χ0v) is 22.0. The van der Waals surface area contributed by atoms with E-state index < -0.39 is 22.9 Å². The van der Waals surface area contributed by atoms with Gasteiger partial charge in [0.25, 0.3) is 11.6 Å². The van der Waals surface area contributed by atoms with E-state index in [1.807, 2.05) is 4.90 Å². The maximum atomic E-state index is 12.7. The Hall–Kier alpha value is -3.65. The first kappa shape index (κ1) is 28.4. The number of nitrogens with zero attached hydrogens (tertiary/aromatic N) is 4. The molecule has 0 saturated carbocycles. The van der Waals surface area contributed by atoms with Crippen molar-refractivity contribution in [1.82, 2.24) is 10.2 Å². The molecular weight excluding hydrogens is 561 g/mol. The summed E-state index contributed by atoms with van der Waals surface area (Å²) >= 11 is 11.6. The molecule has 15 heteroatoms. The number of nitro benzene ring substituents is 1. The molecule has 2 aliphatic rings. The van der Waals surface area contributed by atoms with Crippen LogP contribution in [0.4, 0.5) is 35.9 Å². The van der Waals surface area contributed by atoms with Crippen LogP contribution in [0, 0.1) is 10.1 Å². The van der Waals surface area contributed by atoms with Crippen LogP contribution in [-0.2, 0) is 4.79 Å². The Morgan fingerprint density at radius 1 is 0.949 bits per heavy atom. The fourth-order valence-electron chi connectivity index (χ4n) is 4.54. The van der Waals surface area contributed by atoms with Crippen LogP contribution in [0.1, 0.15) is 23.2 Å². The summed E-state index contributed by atoms with van der Waals surface area (Å²) in [4.78, 5) is 39.7. The highest BCUT2D eigenvalue weighted by atomic mass is 35.5. The quantitative estimate of drug-likeness (QED) is 0.306. The maximum absolute atomic E-state index is 12.7. The maximum Gasteiger partial charge on any atom is 0.471 e. The highest BCUT2D eigenvalue weighted by Gasteiger charge is 2.43. The lowest BCUT2D eigenvalue weighted by Crippen LogP contribution is -2.52. The Bertz CT molecular complexity index is 1300. The van der Waals surface area contributed by atoms with Crippen LogP contribution < -0.4 is 20.4 Å². The second kappa shape index (κ2) is 11.6. The highest BCUT2D eigenvalue weighted by Crippen LogP contribution is 2.32. The van der Waals surface area contributed by atoms with Crippen LogP contribution >= 0.6 is 23.8 Å². The molecular formula is C24H24ClF3N6O4S. The number of benzene rings is 2. The first-order valence-electron chi connectivity index (χ1n) is 12.0. The number of halogens is 4. The summed E-state index contributed by atoms with van der Waals surface area (Å²) in [6.45, 7) is 1.59. The Morgan fingerprint density at radius 3 is 2.15 bits per heavy atom. The van der Waals surface area contributed by atoms with Crippen molar-refractivity contribution in [3.8, 4) is 0 Å². The van der Waals surface area contributed by atoms with Crippen LogP contribution in [0.5, 0.6) is 0 Å². The summed E-state index contributed by atoms with van der Waals surface area (Å²) in [5.74, 6) is -2.49. The molecule has 2 aromatic carbocycles. The molecule has 0 bridgehead atoms. The van der Waals surface area contributed by atoms with Gasteiger partial charge in [-0.1, -0.05) is 11.6 Å². The normalized spacial score (nSPS) is 15.7. The van der Waals surface area contributed by atoms with Gasteiger partial charge in [-0.2, -0.15) is 13.2 Å². The minimum Gasteiger partial charge on any atom is -0.367 e. The molecule has 0 aliphatic carbocycles. The van der Waals surface area contributed by atoms with Gasteiger partial charge in [0, 0.05) is 56.6 Å². The number of nitrogens with one attached hydrogen (secondary N) is 2. The lowest BCUT2D eigenvalue weighted by molar-refractivity contribution is -0.384. The molecule has 2 amide bonds. The highest BCUT2D eigenvalue weighted by molar-refractivity contribution is 7.80. The van der Waals surface area contributed by atoms with Crippen LogP contribution in [0.2, 0.25) is 5.02 Å².